The summed E-state index contributed by atoms with van der Waals surface area (Å²) in [6.07, 6.45) is 4.85. The third-order valence-corrected chi connectivity index (χ3v) is 3.76. The molecular weight excluding hydrogens is 272 g/mol. The summed E-state index contributed by atoms with van der Waals surface area (Å²) < 4.78 is 0. The highest BCUT2D eigenvalue weighted by atomic mass is 16.1. The summed E-state index contributed by atoms with van der Waals surface area (Å²) in [7, 11) is 0. The Bertz CT molecular complexity index is 797. The first-order chi connectivity index (χ1) is 10.7. The summed E-state index contributed by atoms with van der Waals surface area (Å²) in [6.45, 7) is 2.02. The van der Waals surface area contributed by atoms with Crippen LogP contribution in [0.3, 0.4) is 0 Å². The lowest BCUT2D eigenvalue weighted by atomic mass is 10.1. The summed E-state index contributed by atoms with van der Waals surface area (Å²) in [5.41, 5.74) is 3.11. The van der Waals surface area contributed by atoms with Crippen LogP contribution in [0.15, 0.2) is 60.9 Å². The zero-order valence-electron chi connectivity index (χ0n) is 12.5. The number of carbonyl (C=O) groups excluding carboxylic acids is 1. The van der Waals surface area contributed by atoms with Gasteiger partial charge in [-0.15, -0.1) is 0 Å². The summed E-state index contributed by atoms with van der Waals surface area (Å²) >= 11 is 0. The lowest BCUT2D eigenvalue weighted by molar-refractivity contribution is -0.116. The number of nitrogens with one attached hydrogen (secondary N) is 1. The summed E-state index contributed by atoms with van der Waals surface area (Å²) in [5.74, 6) is 0.0258. The van der Waals surface area contributed by atoms with Crippen LogP contribution in [0.4, 0.5) is 5.69 Å². The number of hydrogen-bond donors (Lipinski definition) is 1. The third-order valence-electron chi connectivity index (χ3n) is 3.76. The molecule has 22 heavy (non-hydrogen) atoms. The van der Waals surface area contributed by atoms with Gasteiger partial charge in [-0.3, -0.25) is 9.78 Å². The van der Waals surface area contributed by atoms with Crippen molar-refractivity contribution in [3.8, 4) is 0 Å². The Morgan fingerprint density at radius 2 is 1.82 bits per heavy atom. The average molecular weight is 290 g/mol. The first-order valence-corrected chi connectivity index (χ1v) is 7.41. The molecule has 0 aliphatic heterocycles. The minimum atomic E-state index is 0.0258. The molecule has 2 aromatic carbocycles. The second-order valence-electron chi connectivity index (χ2n) is 5.39. The first kappa shape index (κ1) is 14.3. The normalized spacial score (nSPS) is 10.6. The van der Waals surface area contributed by atoms with Gasteiger partial charge in [0.2, 0.25) is 5.91 Å². The standard InChI is InChI=1S/C19H18N2O/c1-14-12-20-13-17-16(14)8-5-9-18(17)21-19(22)11-10-15-6-3-2-4-7-15/h2-9,12-13H,10-11H2,1H3,(H,21,22). The Morgan fingerprint density at radius 3 is 2.64 bits per heavy atom. The fourth-order valence-corrected chi connectivity index (χ4v) is 2.57. The number of benzene rings is 2. The molecule has 0 fully saturated rings. The van der Waals surface area contributed by atoms with E-state index >= 15 is 0 Å². The molecule has 0 bridgehead atoms. The number of aryl methyl sites for hydroxylation is 2. The van der Waals surface area contributed by atoms with E-state index in [0.29, 0.717) is 6.42 Å². The highest BCUT2D eigenvalue weighted by molar-refractivity contribution is 6.02. The fraction of sp³-hybridized carbons (Fsp3) is 0.158. The van der Waals surface area contributed by atoms with Gasteiger partial charge in [0.15, 0.2) is 0 Å². The number of anilines is 1. The molecule has 0 atom stereocenters. The fourth-order valence-electron chi connectivity index (χ4n) is 2.57. The molecule has 0 aliphatic rings. The number of rotatable bonds is 4. The number of aromatic nitrogens is 1. The van der Waals surface area contributed by atoms with Crippen molar-refractivity contribution in [2.24, 2.45) is 0 Å². The first-order valence-electron chi connectivity index (χ1n) is 7.41. The predicted molar refractivity (Wildman–Crippen MR) is 89.9 cm³/mol. The van der Waals surface area contributed by atoms with Crippen molar-refractivity contribution >= 4 is 22.4 Å². The van der Waals surface area contributed by atoms with Gasteiger partial charge in [0.1, 0.15) is 0 Å². The van der Waals surface area contributed by atoms with E-state index in [2.05, 4.69) is 10.3 Å². The molecule has 110 valence electrons. The maximum atomic E-state index is 12.2. The Hall–Kier alpha value is -2.68. The van der Waals surface area contributed by atoms with Crippen LogP contribution in [-0.4, -0.2) is 10.9 Å². The van der Waals surface area contributed by atoms with Gasteiger partial charge in [0, 0.05) is 24.2 Å². The van der Waals surface area contributed by atoms with Crippen molar-refractivity contribution in [1.82, 2.24) is 4.98 Å². The zero-order valence-corrected chi connectivity index (χ0v) is 12.5. The van der Waals surface area contributed by atoms with E-state index in [9.17, 15) is 4.79 Å². The van der Waals surface area contributed by atoms with Crippen LogP contribution in [0.2, 0.25) is 0 Å². The van der Waals surface area contributed by atoms with Crippen LogP contribution in [0.5, 0.6) is 0 Å². The highest BCUT2D eigenvalue weighted by Gasteiger charge is 2.07. The van der Waals surface area contributed by atoms with E-state index in [-0.39, 0.29) is 5.91 Å². The molecule has 1 amide bonds. The van der Waals surface area contributed by atoms with Crippen LogP contribution in [0.25, 0.3) is 10.8 Å². The van der Waals surface area contributed by atoms with Gasteiger partial charge >= 0.3 is 0 Å². The number of fused-ring (bicyclic) bond motifs is 1. The monoisotopic (exact) mass is 290 g/mol. The Labute approximate surface area is 130 Å². The van der Waals surface area contributed by atoms with Crippen molar-refractivity contribution in [1.29, 1.82) is 0 Å². The van der Waals surface area contributed by atoms with Crippen molar-refractivity contribution in [3.05, 3.63) is 72.1 Å². The van der Waals surface area contributed by atoms with E-state index in [0.717, 1.165) is 28.4 Å². The van der Waals surface area contributed by atoms with Gasteiger partial charge in [-0.1, -0.05) is 42.5 Å². The lowest BCUT2D eigenvalue weighted by Gasteiger charge is -2.09. The molecule has 0 radical (unpaired) electrons. The number of pyridine rings is 1. The van der Waals surface area contributed by atoms with E-state index in [1.54, 1.807) is 6.20 Å². The van der Waals surface area contributed by atoms with Crippen molar-refractivity contribution < 1.29 is 4.79 Å². The molecule has 3 heteroatoms. The molecular formula is C19H18N2O. The summed E-state index contributed by atoms with van der Waals surface area (Å²) in [6, 6.07) is 16.0. The number of hydrogen-bond acceptors (Lipinski definition) is 2. The quantitative estimate of drug-likeness (QED) is 0.785. The second-order valence-corrected chi connectivity index (χ2v) is 5.39. The molecule has 0 unspecified atom stereocenters. The van der Waals surface area contributed by atoms with Crippen molar-refractivity contribution in [3.63, 3.8) is 0 Å². The maximum absolute atomic E-state index is 12.2. The van der Waals surface area contributed by atoms with Crippen LogP contribution >= 0.6 is 0 Å². The van der Waals surface area contributed by atoms with Gasteiger partial charge in [0.25, 0.3) is 0 Å². The highest BCUT2D eigenvalue weighted by Crippen LogP contribution is 2.24. The minimum Gasteiger partial charge on any atom is -0.325 e. The second kappa shape index (κ2) is 6.39. The Kier molecular flexibility index (Phi) is 4.15. The van der Waals surface area contributed by atoms with Crippen LogP contribution < -0.4 is 5.32 Å². The summed E-state index contributed by atoms with van der Waals surface area (Å²) in [5, 5.41) is 5.11. The summed E-state index contributed by atoms with van der Waals surface area (Å²) in [4.78, 5) is 16.4. The third kappa shape index (κ3) is 3.14. The van der Waals surface area contributed by atoms with E-state index in [1.807, 2.05) is 61.7 Å². The zero-order chi connectivity index (χ0) is 15.4. The van der Waals surface area contributed by atoms with Gasteiger partial charge in [0.05, 0.1) is 5.69 Å². The molecule has 0 aliphatic carbocycles. The topological polar surface area (TPSA) is 42.0 Å². The van der Waals surface area contributed by atoms with Crippen LogP contribution in [0.1, 0.15) is 17.5 Å². The van der Waals surface area contributed by atoms with Crippen LogP contribution in [0, 0.1) is 6.92 Å². The number of nitrogens with zero attached hydrogens (tertiary/aromatic N) is 1. The molecule has 0 saturated heterocycles. The molecule has 0 spiro atoms. The molecule has 0 saturated carbocycles. The number of carbonyl (C=O) groups is 1. The lowest BCUT2D eigenvalue weighted by Crippen LogP contribution is -2.12. The molecule has 3 rings (SSSR count). The average Bonchev–Trinajstić information content (AvgIpc) is 2.55. The van der Waals surface area contributed by atoms with Gasteiger partial charge in [-0.25, -0.2) is 0 Å². The molecule has 1 heterocycles. The SMILES string of the molecule is Cc1cncc2c(NC(=O)CCc3ccccc3)cccc12. The largest absolute Gasteiger partial charge is 0.325 e. The van der Waals surface area contributed by atoms with Gasteiger partial charge in [-0.2, -0.15) is 0 Å². The maximum Gasteiger partial charge on any atom is 0.224 e. The van der Waals surface area contributed by atoms with Crippen molar-refractivity contribution in [2.45, 2.75) is 19.8 Å². The van der Waals surface area contributed by atoms with E-state index in [1.165, 1.54) is 5.56 Å². The molecule has 1 N–H and O–H groups in total. The predicted octanol–water partition coefficient (Wildman–Crippen LogP) is 4.11. The van der Waals surface area contributed by atoms with Crippen LogP contribution in [-0.2, 0) is 11.2 Å². The van der Waals surface area contributed by atoms with Crippen molar-refractivity contribution in [2.75, 3.05) is 5.32 Å². The Balaban J connectivity index is 1.73. The molecule has 1 aromatic heterocycles. The minimum absolute atomic E-state index is 0.0258. The van der Waals surface area contributed by atoms with Gasteiger partial charge in [-0.05, 0) is 35.9 Å². The van der Waals surface area contributed by atoms with E-state index < -0.39 is 0 Å². The number of amides is 1. The molecule has 3 nitrogen and oxygen atoms in total. The van der Waals surface area contributed by atoms with Gasteiger partial charge < -0.3 is 5.32 Å². The smallest absolute Gasteiger partial charge is 0.224 e. The van der Waals surface area contributed by atoms with E-state index in [4.69, 9.17) is 0 Å². The molecule has 3 aromatic rings. The Morgan fingerprint density at radius 1 is 1.00 bits per heavy atom.